The molecule has 1 saturated heterocycles. The first-order chi connectivity index (χ1) is 11.5. The number of fused-ring (bicyclic) bond motifs is 1. The molecule has 1 atom stereocenters. The van der Waals surface area contributed by atoms with Gasteiger partial charge in [0.2, 0.25) is 11.8 Å². The molecule has 0 bridgehead atoms. The molecule has 1 aromatic rings. The molecule has 0 spiro atoms. The zero-order valence-corrected chi connectivity index (χ0v) is 14.1. The van der Waals surface area contributed by atoms with Crippen LogP contribution < -0.4 is 5.73 Å². The fourth-order valence-corrected chi connectivity index (χ4v) is 3.18. The number of carbonyl (C=O) groups excluding carboxylic acids is 2. The molecule has 2 aliphatic heterocycles. The van der Waals surface area contributed by atoms with Gasteiger partial charge in [-0.25, -0.2) is 0 Å². The highest BCUT2D eigenvalue weighted by Gasteiger charge is 2.25. The molecule has 8 heteroatoms. The summed E-state index contributed by atoms with van der Waals surface area (Å²) in [6, 6.07) is 1.76. The second kappa shape index (κ2) is 7.31. The molecule has 0 unspecified atom stereocenters. The number of amides is 2. The summed E-state index contributed by atoms with van der Waals surface area (Å²) in [5.74, 6) is -0.146. The summed E-state index contributed by atoms with van der Waals surface area (Å²) in [6.07, 6.45) is 1.11. The van der Waals surface area contributed by atoms with Gasteiger partial charge >= 0.3 is 0 Å². The van der Waals surface area contributed by atoms with Gasteiger partial charge in [-0.3, -0.25) is 19.2 Å². The van der Waals surface area contributed by atoms with E-state index in [1.165, 1.54) is 0 Å². The summed E-state index contributed by atoms with van der Waals surface area (Å²) < 4.78 is 7.24. The van der Waals surface area contributed by atoms with Crippen molar-refractivity contribution in [3.8, 4) is 0 Å². The Balaban J connectivity index is 1.55. The maximum atomic E-state index is 12.2. The molecule has 0 aliphatic carbocycles. The van der Waals surface area contributed by atoms with E-state index in [1.807, 2.05) is 22.6 Å². The Morgan fingerprint density at radius 3 is 2.75 bits per heavy atom. The molecular weight excluding hydrogens is 310 g/mol. The average molecular weight is 335 g/mol. The van der Waals surface area contributed by atoms with E-state index in [-0.39, 0.29) is 17.9 Å². The summed E-state index contributed by atoms with van der Waals surface area (Å²) in [6.45, 7) is 6.59. The van der Waals surface area contributed by atoms with Gasteiger partial charge in [0.15, 0.2) is 0 Å². The van der Waals surface area contributed by atoms with Crippen LogP contribution in [0.25, 0.3) is 0 Å². The lowest BCUT2D eigenvalue weighted by molar-refractivity contribution is -0.135. The first-order valence-electron chi connectivity index (χ1n) is 8.49. The molecule has 0 radical (unpaired) electrons. The van der Waals surface area contributed by atoms with E-state index in [9.17, 15) is 9.59 Å². The molecule has 132 valence electrons. The Kier molecular flexibility index (Phi) is 5.15. The van der Waals surface area contributed by atoms with Gasteiger partial charge in [0.25, 0.3) is 0 Å². The molecule has 2 amide bonds. The van der Waals surface area contributed by atoms with Gasteiger partial charge in [0.1, 0.15) is 0 Å². The van der Waals surface area contributed by atoms with Crippen LogP contribution in [0.1, 0.15) is 24.7 Å². The highest BCUT2D eigenvalue weighted by atomic mass is 16.5. The number of ether oxygens (including phenoxy) is 1. The predicted octanol–water partition coefficient (Wildman–Crippen LogP) is -0.636. The zero-order valence-electron chi connectivity index (χ0n) is 14.1. The molecule has 1 fully saturated rings. The fourth-order valence-electron chi connectivity index (χ4n) is 3.18. The number of rotatable bonds is 5. The maximum absolute atomic E-state index is 12.2. The lowest BCUT2D eigenvalue weighted by Crippen LogP contribution is -2.46. The molecule has 3 heterocycles. The van der Waals surface area contributed by atoms with Crippen molar-refractivity contribution in [1.82, 2.24) is 19.6 Å². The van der Waals surface area contributed by atoms with Gasteiger partial charge < -0.3 is 15.4 Å². The standard InChI is InChI=1S/C16H25N5O3/c1-12(16(17)23)20-4-5-21-14(11-20)10-13(18-21)2-3-15(22)19-6-8-24-9-7-19/h10,12H,2-9,11H2,1H3,(H2,17,23)/t12-/m0/s1. The fraction of sp³-hybridized carbons (Fsp3) is 0.688. The van der Waals surface area contributed by atoms with Gasteiger partial charge in [0.05, 0.1) is 37.2 Å². The third kappa shape index (κ3) is 3.76. The van der Waals surface area contributed by atoms with Gasteiger partial charge in [0, 0.05) is 39.0 Å². The number of morpholine rings is 1. The normalized spacial score (nSPS) is 19.8. The van der Waals surface area contributed by atoms with Crippen LogP contribution in [-0.2, 0) is 33.8 Å². The quantitative estimate of drug-likeness (QED) is 0.773. The number of hydrogen-bond donors (Lipinski definition) is 1. The van der Waals surface area contributed by atoms with Crippen LogP contribution in [-0.4, -0.2) is 70.3 Å². The molecule has 8 nitrogen and oxygen atoms in total. The van der Waals surface area contributed by atoms with Gasteiger partial charge in [-0.15, -0.1) is 0 Å². The SMILES string of the molecule is C[C@@H](C(N)=O)N1CCn2nc(CCC(=O)N3CCOCC3)cc2C1. The van der Waals surface area contributed by atoms with E-state index in [2.05, 4.69) is 10.00 Å². The number of aryl methyl sites for hydroxylation is 1. The first kappa shape index (κ1) is 16.9. The molecule has 0 saturated carbocycles. The van der Waals surface area contributed by atoms with Crippen LogP contribution in [0.15, 0.2) is 6.07 Å². The minimum atomic E-state index is -0.306. The van der Waals surface area contributed by atoms with Crippen LogP contribution in [0, 0.1) is 0 Å². The number of nitrogens with two attached hydrogens (primary N) is 1. The number of carbonyl (C=O) groups is 2. The van der Waals surface area contributed by atoms with Crippen LogP contribution >= 0.6 is 0 Å². The second-order valence-electron chi connectivity index (χ2n) is 6.39. The Labute approximate surface area is 141 Å². The topological polar surface area (TPSA) is 93.7 Å². The van der Waals surface area contributed by atoms with Crippen LogP contribution in [0.3, 0.4) is 0 Å². The van der Waals surface area contributed by atoms with E-state index < -0.39 is 0 Å². The van der Waals surface area contributed by atoms with Crippen molar-refractivity contribution in [1.29, 1.82) is 0 Å². The summed E-state index contributed by atoms with van der Waals surface area (Å²) >= 11 is 0. The maximum Gasteiger partial charge on any atom is 0.234 e. The van der Waals surface area contributed by atoms with Crippen molar-refractivity contribution < 1.29 is 14.3 Å². The lowest BCUT2D eigenvalue weighted by Gasteiger charge is -2.30. The number of primary amides is 1. The van der Waals surface area contributed by atoms with E-state index in [4.69, 9.17) is 10.5 Å². The number of nitrogens with zero attached hydrogens (tertiary/aromatic N) is 4. The average Bonchev–Trinajstić information content (AvgIpc) is 3.01. The van der Waals surface area contributed by atoms with Crippen molar-refractivity contribution in [3.05, 3.63) is 17.5 Å². The smallest absolute Gasteiger partial charge is 0.234 e. The van der Waals surface area contributed by atoms with Crippen molar-refractivity contribution in [2.24, 2.45) is 5.73 Å². The van der Waals surface area contributed by atoms with Gasteiger partial charge in [-0.1, -0.05) is 0 Å². The Bertz CT molecular complexity index is 609. The van der Waals surface area contributed by atoms with Gasteiger partial charge in [-0.2, -0.15) is 5.10 Å². The Hall–Kier alpha value is -1.93. The van der Waals surface area contributed by atoms with Crippen molar-refractivity contribution in [2.45, 2.75) is 38.9 Å². The van der Waals surface area contributed by atoms with E-state index in [0.29, 0.717) is 45.7 Å². The third-order valence-electron chi connectivity index (χ3n) is 4.80. The monoisotopic (exact) mass is 335 g/mol. The second-order valence-corrected chi connectivity index (χ2v) is 6.39. The third-order valence-corrected chi connectivity index (χ3v) is 4.80. The Morgan fingerprint density at radius 2 is 2.04 bits per heavy atom. The minimum absolute atomic E-state index is 0.160. The summed E-state index contributed by atoms with van der Waals surface area (Å²) in [7, 11) is 0. The minimum Gasteiger partial charge on any atom is -0.378 e. The van der Waals surface area contributed by atoms with Crippen molar-refractivity contribution in [2.75, 3.05) is 32.8 Å². The molecule has 2 aliphatic rings. The van der Waals surface area contributed by atoms with Crippen molar-refractivity contribution >= 4 is 11.8 Å². The molecule has 1 aromatic heterocycles. The zero-order chi connectivity index (χ0) is 17.1. The molecule has 0 aromatic carbocycles. The summed E-state index contributed by atoms with van der Waals surface area (Å²) in [4.78, 5) is 27.5. The summed E-state index contributed by atoms with van der Waals surface area (Å²) in [5.41, 5.74) is 7.39. The molecule has 2 N–H and O–H groups in total. The number of aromatic nitrogens is 2. The van der Waals surface area contributed by atoms with Crippen molar-refractivity contribution in [3.63, 3.8) is 0 Å². The highest BCUT2D eigenvalue weighted by Crippen LogP contribution is 2.17. The van der Waals surface area contributed by atoms with Crippen LogP contribution in [0.4, 0.5) is 0 Å². The molecular formula is C16H25N5O3. The van der Waals surface area contributed by atoms with E-state index >= 15 is 0 Å². The molecule has 24 heavy (non-hydrogen) atoms. The highest BCUT2D eigenvalue weighted by molar-refractivity contribution is 5.79. The predicted molar refractivity (Wildman–Crippen MR) is 87.0 cm³/mol. The summed E-state index contributed by atoms with van der Waals surface area (Å²) in [5, 5.41) is 4.58. The largest absolute Gasteiger partial charge is 0.378 e. The lowest BCUT2D eigenvalue weighted by atomic mass is 10.2. The molecule has 3 rings (SSSR count). The first-order valence-corrected chi connectivity index (χ1v) is 8.49. The van der Waals surface area contributed by atoms with Crippen LogP contribution in [0.5, 0.6) is 0 Å². The van der Waals surface area contributed by atoms with Crippen LogP contribution in [0.2, 0.25) is 0 Å². The van der Waals surface area contributed by atoms with E-state index in [0.717, 1.165) is 24.5 Å². The van der Waals surface area contributed by atoms with E-state index in [1.54, 1.807) is 0 Å². The van der Waals surface area contributed by atoms with Gasteiger partial charge in [-0.05, 0) is 13.0 Å². The Morgan fingerprint density at radius 1 is 1.29 bits per heavy atom. The number of hydrogen-bond acceptors (Lipinski definition) is 5.